The lowest BCUT2D eigenvalue weighted by Gasteiger charge is -2.08. The van der Waals surface area contributed by atoms with E-state index < -0.39 is 11.5 Å². The largest absolute Gasteiger partial charge is 0.475 e. The van der Waals surface area contributed by atoms with E-state index >= 15 is 0 Å². The van der Waals surface area contributed by atoms with Crippen LogP contribution in [0.1, 0.15) is 10.4 Å². The number of hydrogen-bond donors (Lipinski definition) is 1. The van der Waals surface area contributed by atoms with Crippen molar-refractivity contribution >= 4 is 38.5 Å². The van der Waals surface area contributed by atoms with Crippen LogP contribution in [0.3, 0.4) is 0 Å². The van der Waals surface area contributed by atoms with Crippen molar-refractivity contribution in [3.8, 4) is 17.3 Å². The topological polar surface area (TPSA) is 112 Å². The van der Waals surface area contributed by atoms with E-state index in [1.165, 1.54) is 6.07 Å². The monoisotopic (exact) mass is 505 g/mol. The fraction of sp³-hybridized carbons (Fsp3) is 0.0870. The Morgan fingerprint density at radius 1 is 1.06 bits per heavy atom. The lowest BCUT2D eigenvalue weighted by molar-refractivity contribution is 0.0943. The van der Waals surface area contributed by atoms with Gasteiger partial charge in [0.2, 0.25) is 5.88 Å². The normalized spacial score (nSPS) is 11.1. The number of hydrogen-bond acceptors (Lipinski definition) is 7. The first kappa shape index (κ1) is 20.8. The third-order valence-electron chi connectivity index (χ3n) is 4.85. The smallest absolute Gasteiger partial charge is 0.349 e. The molecule has 0 unspecified atom stereocenters. The standard InChI is InChI=1S/C23H16BrN5O4/c24-16-6-7-18-15(12-16)13-17(23(31)33-18)22(30)25-10-11-32-20-9-8-19-26-27-21(29(19)28-20)14-4-2-1-3-5-14/h1-9,12-13H,10-11H2,(H,25,30). The van der Waals surface area contributed by atoms with Crippen LogP contribution in [0, 0.1) is 0 Å². The highest BCUT2D eigenvalue weighted by Crippen LogP contribution is 2.20. The highest BCUT2D eigenvalue weighted by Gasteiger charge is 2.14. The van der Waals surface area contributed by atoms with E-state index in [2.05, 4.69) is 36.5 Å². The van der Waals surface area contributed by atoms with Gasteiger partial charge in [-0.25, -0.2) is 4.79 Å². The average molecular weight is 506 g/mol. The second-order valence-corrected chi connectivity index (χ2v) is 7.98. The predicted molar refractivity (Wildman–Crippen MR) is 124 cm³/mol. The van der Waals surface area contributed by atoms with Gasteiger partial charge in [0, 0.05) is 21.5 Å². The van der Waals surface area contributed by atoms with Gasteiger partial charge in [0.1, 0.15) is 17.8 Å². The number of carbonyl (C=O) groups is 1. The molecule has 9 nitrogen and oxygen atoms in total. The second-order valence-electron chi connectivity index (χ2n) is 7.07. The van der Waals surface area contributed by atoms with Gasteiger partial charge in [-0.1, -0.05) is 46.3 Å². The summed E-state index contributed by atoms with van der Waals surface area (Å²) in [4.78, 5) is 24.6. The second kappa shape index (κ2) is 8.83. The summed E-state index contributed by atoms with van der Waals surface area (Å²) in [5, 5.41) is 16.1. The maximum Gasteiger partial charge on any atom is 0.349 e. The minimum Gasteiger partial charge on any atom is -0.475 e. The summed E-state index contributed by atoms with van der Waals surface area (Å²) in [5.74, 6) is 0.408. The molecule has 0 fully saturated rings. The summed E-state index contributed by atoms with van der Waals surface area (Å²) in [6.07, 6.45) is 0. The van der Waals surface area contributed by atoms with Gasteiger partial charge >= 0.3 is 5.63 Å². The Bertz CT molecular complexity index is 1530. The van der Waals surface area contributed by atoms with E-state index in [1.54, 1.807) is 34.8 Å². The number of halogens is 1. The van der Waals surface area contributed by atoms with Crippen molar-refractivity contribution in [3.05, 3.63) is 87.2 Å². The van der Waals surface area contributed by atoms with Gasteiger partial charge in [-0.05, 0) is 30.3 Å². The van der Waals surface area contributed by atoms with Crippen molar-refractivity contribution in [2.75, 3.05) is 13.2 Å². The van der Waals surface area contributed by atoms with Crippen LogP contribution in [0.4, 0.5) is 0 Å². The maximum absolute atomic E-state index is 12.5. The number of aromatic nitrogens is 4. The lowest BCUT2D eigenvalue weighted by atomic mass is 10.2. The quantitative estimate of drug-likeness (QED) is 0.277. The van der Waals surface area contributed by atoms with E-state index in [0.717, 1.165) is 10.0 Å². The molecule has 0 radical (unpaired) electrons. The van der Waals surface area contributed by atoms with Gasteiger partial charge in [0.05, 0.1) is 6.54 Å². The Morgan fingerprint density at radius 3 is 2.76 bits per heavy atom. The van der Waals surface area contributed by atoms with Crippen LogP contribution >= 0.6 is 15.9 Å². The lowest BCUT2D eigenvalue weighted by Crippen LogP contribution is -2.31. The zero-order valence-electron chi connectivity index (χ0n) is 17.1. The third-order valence-corrected chi connectivity index (χ3v) is 5.34. The van der Waals surface area contributed by atoms with E-state index in [-0.39, 0.29) is 18.7 Å². The summed E-state index contributed by atoms with van der Waals surface area (Å²) in [6.45, 7) is 0.319. The Kier molecular flexibility index (Phi) is 5.57. The van der Waals surface area contributed by atoms with Gasteiger partial charge < -0.3 is 14.5 Å². The molecule has 0 aliphatic heterocycles. The van der Waals surface area contributed by atoms with Crippen LogP contribution in [0.25, 0.3) is 28.0 Å². The van der Waals surface area contributed by atoms with Crippen LogP contribution in [0.5, 0.6) is 5.88 Å². The van der Waals surface area contributed by atoms with E-state index in [1.807, 2.05) is 30.3 Å². The molecule has 0 saturated carbocycles. The fourth-order valence-electron chi connectivity index (χ4n) is 3.28. The number of ether oxygens (including phenoxy) is 1. The van der Waals surface area contributed by atoms with Crippen molar-refractivity contribution in [2.45, 2.75) is 0 Å². The van der Waals surface area contributed by atoms with Crippen LogP contribution in [-0.4, -0.2) is 38.9 Å². The molecule has 3 heterocycles. The summed E-state index contributed by atoms with van der Waals surface area (Å²) in [6, 6.07) is 19.7. The van der Waals surface area contributed by atoms with Crippen molar-refractivity contribution < 1.29 is 13.9 Å². The summed E-state index contributed by atoms with van der Waals surface area (Å²) < 4.78 is 13.3. The van der Waals surface area contributed by atoms with Crippen LogP contribution in [0.15, 0.2) is 80.4 Å². The van der Waals surface area contributed by atoms with Crippen molar-refractivity contribution in [2.24, 2.45) is 0 Å². The number of nitrogens with one attached hydrogen (secondary N) is 1. The molecule has 0 spiro atoms. The zero-order chi connectivity index (χ0) is 22.8. The molecule has 0 aliphatic rings. The van der Waals surface area contributed by atoms with Crippen molar-refractivity contribution in [1.82, 2.24) is 25.1 Å². The molecule has 10 heteroatoms. The number of carbonyl (C=O) groups excluding carboxylic acids is 1. The molecule has 0 saturated heterocycles. The molecule has 0 bridgehead atoms. The van der Waals surface area contributed by atoms with Crippen LogP contribution < -0.4 is 15.7 Å². The molecule has 3 aromatic heterocycles. The van der Waals surface area contributed by atoms with Gasteiger partial charge in [-0.15, -0.1) is 15.3 Å². The number of fused-ring (bicyclic) bond motifs is 2. The van der Waals surface area contributed by atoms with E-state index in [0.29, 0.717) is 28.3 Å². The number of rotatable bonds is 6. The Hall–Kier alpha value is -4.05. The predicted octanol–water partition coefficient (Wildman–Crippen LogP) is 3.47. The fourth-order valence-corrected chi connectivity index (χ4v) is 3.66. The molecule has 1 amide bonds. The van der Waals surface area contributed by atoms with E-state index in [4.69, 9.17) is 9.15 Å². The van der Waals surface area contributed by atoms with E-state index in [9.17, 15) is 9.59 Å². The maximum atomic E-state index is 12.5. The van der Waals surface area contributed by atoms with Gasteiger partial charge in [0.25, 0.3) is 5.91 Å². The van der Waals surface area contributed by atoms with Gasteiger partial charge in [-0.3, -0.25) is 4.79 Å². The first-order chi connectivity index (χ1) is 16.1. The Labute approximate surface area is 195 Å². The Balaban J connectivity index is 1.25. The molecule has 5 aromatic rings. The summed E-state index contributed by atoms with van der Waals surface area (Å²) in [5.41, 5.74) is 1.11. The highest BCUT2D eigenvalue weighted by molar-refractivity contribution is 9.10. The molecular weight excluding hydrogens is 490 g/mol. The molecule has 0 aliphatic carbocycles. The minimum atomic E-state index is -0.698. The summed E-state index contributed by atoms with van der Waals surface area (Å²) in [7, 11) is 0. The first-order valence-corrected chi connectivity index (χ1v) is 10.8. The molecule has 2 aromatic carbocycles. The summed E-state index contributed by atoms with van der Waals surface area (Å²) >= 11 is 3.36. The number of nitrogens with zero attached hydrogens (tertiary/aromatic N) is 4. The number of benzene rings is 2. The van der Waals surface area contributed by atoms with Crippen LogP contribution in [0.2, 0.25) is 0 Å². The minimum absolute atomic E-state index is 0.0721. The molecular formula is C23H16BrN5O4. The highest BCUT2D eigenvalue weighted by atomic mass is 79.9. The third kappa shape index (κ3) is 4.33. The number of amides is 1. The molecule has 1 N–H and O–H groups in total. The Morgan fingerprint density at radius 2 is 1.91 bits per heavy atom. The molecule has 164 valence electrons. The molecule has 5 rings (SSSR count). The van der Waals surface area contributed by atoms with Gasteiger partial charge in [0.15, 0.2) is 11.5 Å². The van der Waals surface area contributed by atoms with Gasteiger partial charge in [-0.2, -0.15) is 4.52 Å². The van der Waals surface area contributed by atoms with Crippen molar-refractivity contribution in [3.63, 3.8) is 0 Å². The molecule has 33 heavy (non-hydrogen) atoms. The zero-order valence-corrected chi connectivity index (χ0v) is 18.7. The molecule has 0 atom stereocenters. The first-order valence-electron chi connectivity index (χ1n) is 10.0. The van der Waals surface area contributed by atoms with Crippen LogP contribution in [-0.2, 0) is 0 Å². The van der Waals surface area contributed by atoms with Crippen molar-refractivity contribution in [1.29, 1.82) is 0 Å². The SMILES string of the molecule is O=C(NCCOc1ccc2nnc(-c3ccccc3)n2n1)c1cc2cc(Br)ccc2oc1=O. The average Bonchev–Trinajstić information content (AvgIpc) is 3.25.